The summed E-state index contributed by atoms with van der Waals surface area (Å²) in [7, 11) is -2.65. The number of methoxy groups -OCH3 is 1. The second kappa shape index (κ2) is 10.5. The average Bonchev–Trinajstić information content (AvgIpc) is 3.74. The number of anilines is 1. The molecular weight excluding hydrogens is 588 g/mol. The molecule has 11 heteroatoms. The first-order valence-electron chi connectivity index (χ1n) is 14.1. The number of para-hydroxylation sites is 1. The quantitative estimate of drug-likeness (QED) is 0.208. The van der Waals surface area contributed by atoms with Crippen molar-refractivity contribution in [2.24, 2.45) is 0 Å². The van der Waals surface area contributed by atoms with Crippen LogP contribution in [-0.2, 0) is 10.0 Å². The Bertz CT molecular complexity index is 2380. The highest BCUT2D eigenvalue weighted by Crippen LogP contribution is 2.35. The molecule has 224 valence electrons. The highest BCUT2D eigenvalue weighted by Gasteiger charge is 2.29. The maximum atomic E-state index is 14.3. The van der Waals surface area contributed by atoms with Gasteiger partial charge in [-0.1, -0.05) is 48.0 Å². The van der Waals surface area contributed by atoms with E-state index in [2.05, 4.69) is 15.1 Å². The fourth-order valence-electron chi connectivity index (χ4n) is 5.59. The van der Waals surface area contributed by atoms with Gasteiger partial charge >= 0.3 is 0 Å². The van der Waals surface area contributed by atoms with Crippen molar-refractivity contribution in [2.75, 3.05) is 12.8 Å². The van der Waals surface area contributed by atoms with E-state index in [-0.39, 0.29) is 22.0 Å². The predicted molar refractivity (Wildman–Crippen MR) is 173 cm³/mol. The third kappa shape index (κ3) is 4.64. The minimum absolute atomic E-state index is 0.0496. The Morgan fingerprint density at radius 1 is 0.933 bits per heavy atom. The predicted octanol–water partition coefficient (Wildman–Crippen LogP) is 6.05. The van der Waals surface area contributed by atoms with E-state index in [0.29, 0.717) is 22.3 Å². The van der Waals surface area contributed by atoms with Crippen LogP contribution in [0.2, 0.25) is 0 Å². The van der Waals surface area contributed by atoms with E-state index in [1.807, 2.05) is 62.4 Å². The normalized spacial score (nSPS) is 11.8. The summed E-state index contributed by atoms with van der Waals surface area (Å²) in [6.07, 6.45) is 1.36. The van der Waals surface area contributed by atoms with Crippen LogP contribution in [0.4, 0.5) is 5.82 Å². The van der Waals surface area contributed by atoms with Gasteiger partial charge in [0.1, 0.15) is 23.1 Å². The number of carbonyl (C=O) groups excluding carboxylic acids is 1. The fraction of sp³-hybridized carbons (Fsp3) is 0.0882. The largest absolute Gasteiger partial charge is 0.496 e. The molecule has 0 aliphatic rings. The van der Waals surface area contributed by atoms with Gasteiger partial charge in [-0.05, 0) is 67.9 Å². The number of aryl methyl sites for hydroxylation is 2. The molecule has 0 radical (unpaired) electrons. The minimum Gasteiger partial charge on any atom is -0.496 e. The van der Waals surface area contributed by atoms with Crippen LogP contribution in [0, 0.1) is 13.8 Å². The Morgan fingerprint density at radius 2 is 1.71 bits per heavy atom. The first-order chi connectivity index (χ1) is 21.7. The number of nitrogens with zero attached hydrogens (tertiary/aromatic N) is 4. The monoisotopic (exact) mass is 616 g/mol. The number of ketones is 1. The molecule has 3 N–H and O–H groups in total. The number of nitrogens with two attached hydrogens (primary N) is 1. The van der Waals surface area contributed by atoms with E-state index >= 15 is 0 Å². The zero-order valence-electron chi connectivity index (χ0n) is 24.6. The van der Waals surface area contributed by atoms with Gasteiger partial charge < -0.3 is 15.5 Å². The zero-order valence-corrected chi connectivity index (χ0v) is 25.5. The van der Waals surface area contributed by atoms with Gasteiger partial charge in [0.2, 0.25) is 5.78 Å². The van der Waals surface area contributed by atoms with E-state index in [4.69, 9.17) is 10.5 Å². The molecule has 4 aromatic carbocycles. The standard InChI is InChI=1S/C34H28N6O4S/c1-20-8-13-25(14-9-20)45(42,43)40-30-16-22(26-6-4-5-7-32(26)44-3)10-11-23(30)17-31(40)33(41)27-19-36-39(34(27)35)24-12-15-28-29(18-24)38-21(2)37-28/h4-19H,35H2,1-3H3,(H,37,38). The van der Waals surface area contributed by atoms with Crippen molar-refractivity contribution in [2.45, 2.75) is 18.7 Å². The maximum absolute atomic E-state index is 14.3. The number of fused-ring (bicyclic) bond motifs is 2. The molecule has 3 heterocycles. The van der Waals surface area contributed by atoms with Crippen molar-refractivity contribution in [3.63, 3.8) is 0 Å². The average molecular weight is 617 g/mol. The van der Waals surface area contributed by atoms with Crippen molar-refractivity contribution in [3.8, 4) is 22.6 Å². The van der Waals surface area contributed by atoms with Crippen LogP contribution in [0.15, 0.2) is 102 Å². The number of carbonyl (C=O) groups is 1. The summed E-state index contributed by atoms with van der Waals surface area (Å²) in [5.41, 5.74) is 11.5. The number of nitrogens with one attached hydrogen (secondary N) is 1. The van der Waals surface area contributed by atoms with Gasteiger partial charge in [0.05, 0.1) is 46.0 Å². The number of imidazole rings is 1. The van der Waals surface area contributed by atoms with E-state index in [0.717, 1.165) is 37.5 Å². The number of nitrogen functional groups attached to an aromatic ring is 1. The molecule has 7 rings (SSSR count). The van der Waals surface area contributed by atoms with Gasteiger partial charge in [-0.15, -0.1) is 0 Å². The van der Waals surface area contributed by atoms with Gasteiger partial charge in [0.15, 0.2) is 0 Å². The second-order valence-electron chi connectivity index (χ2n) is 10.8. The SMILES string of the molecule is COc1ccccc1-c1ccc2cc(C(=O)c3cnn(-c4ccc5[nH]c(C)nc5c4)c3N)n(S(=O)(=O)c3ccc(C)cc3)c2c1. The van der Waals surface area contributed by atoms with Crippen molar-refractivity contribution in [1.29, 1.82) is 0 Å². The summed E-state index contributed by atoms with van der Waals surface area (Å²) in [5.74, 6) is 0.894. The van der Waals surface area contributed by atoms with Gasteiger partial charge in [0, 0.05) is 10.9 Å². The summed E-state index contributed by atoms with van der Waals surface area (Å²) < 4.78 is 36.7. The molecule has 0 saturated heterocycles. The number of aromatic amines is 1. The molecule has 0 fully saturated rings. The van der Waals surface area contributed by atoms with E-state index < -0.39 is 15.8 Å². The van der Waals surface area contributed by atoms with Crippen LogP contribution in [0.3, 0.4) is 0 Å². The lowest BCUT2D eigenvalue weighted by Crippen LogP contribution is -2.19. The molecule has 3 aromatic heterocycles. The molecule has 10 nitrogen and oxygen atoms in total. The van der Waals surface area contributed by atoms with Crippen LogP contribution < -0.4 is 10.5 Å². The van der Waals surface area contributed by atoms with Crippen LogP contribution in [0.1, 0.15) is 27.4 Å². The fourth-order valence-corrected chi connectivity index (χ4v) is 7.09. The number of aromatic nitrogens is 5. The third-order valence-electron chi connectivity index (χ3n) is 7.85. The smallest absolute Gasteiger partial charge is 0.268 e. The summed E-state index contributed by atoms with van der Waals surface area (Å²) in [6, 6.07) is 26.5. The molecule has 0 saturated carbocycles. The molecular formula is C34H28N6O4S. The summed E-state index contributed by atoms with van der Waals surface area (Å²) >= 11 is 0. The molecule has 0 aliphatic heterocycles. The number of H-pyrrole nitrogens is 1. The lowest BCUT2D eigenvalue weighted by Gasteiger charge is -2.13. The summed E-state index contributed by atoms with van der Waals surface area (Å²) in [4.78, 5) is 21.9. The lowest BCUT2D eigenvalue weighted by molar-refractivity contribution is 0.103. The number of rotatable bonds is 7. The van der Waals surface area contributed by atoms with E-state index in [9.17, 15) is 13.2 Å². The Labute approximate surface area is 258 Å². The summed E-state index contributed by atoms with van der Waals surface area (Å²) in [6.45, 7) is 3.74. The topological polar surface area (TPSA) is 138 Å². The molecule has 45 heavy (non-hydrogen) atoms. The van der Waals surface area contributed by atoms with Crippen LogP contribution in [0.25, 0.3) is 38.8 Å². The van der Waals surface area contributed by atoms with Crippen molar-refractivity contribution in [3.05, 3.63) is 120 Å². The van der Waals surface area contributed by atoms with E-state index in [1.54, 1.807) is 37.4 Å². The minimum atomic E-state index is -4.23. The number of ether oxygens (including phenoxy) is 1. The molecule has 0 aliphatic carbocycles. The Hall–Kier alpha value is -5.68. The van der Waals surface area contributed by atoms with Gasteiger partial charge in [-0.2, -0.15) is 5.10 Å². The highest BCUT2D eigenvalue weighted by atomic mass is 32.2. The van der Waals surface area contributed by atoms with Gasteiger partial charge in [-0.3, -0.25) is 4.79 Å². The molecule has 0 atom stereocenters. The van der Waals surface area contributed by atoms with E-state index in [1.165, 1.54) is 23.0 Å². The molecule has 0 spiro atoms. The first-order valence-corrected chi connectivity index (χ1v) is 15.6. The Morgan fingerprint density at radius 3 is 2.49 bits per heavy atom. The molecule has 0 unspecified atom stereocenters. The highest BCUT2D eigenvalue weighted by molar-refractivity contribution is 7.90. The van der Waals surface area contributed by atoms with Crippen LogP contribution in [0.5, 0.6) is 5.75 Å². The van der Waals surface area contributed by atoms with Crippen LogP contribution >= 0.6 is 0 Å². The van der Waals surface area contributed by atoms with Crippen molar-refractivity contribution >= 4 is 43.6 Å². The summed E-state index contributed by atoms with van der Waals surface area (Å²) in [5, 5.41) is 4.96. The zero-order chi connectivity index (χ0) is 31.5. The Balaban J connectivity index is 1.41. The van der Waals surface area contributed by atoms with Gasteiger partial charge in [0.25, 0.3) is 10.0 Å². The Kier molecular flexibility index (Phi) is 6.55. The number of benzene rings is 4. The molecule has 0 bridgehead atoms. The first kappa shape index (κ1) is 28.1. The van der Waals surface area contributed by atoms with Crippen molar-refractivity contribution < 1.29 is 17.9 Å². The third-order valence-corrected chi connectivity index (χ3v) is 9.59. The lowest BCUT2D eigenvalue weighted by atomic mass is 10.0. The molecule has 7 aromatic rings. The maximum Gasteiger partial charge on any atom is 0.268 e. The second-order valence-corrected chi connectivity index (χ2v) is 12.6. The van der Waals surface area contributed by atoms with Crippen molar-refractivity contribution in [1.82, 2.24) is 23.7 Å². The van der Waals surface area contributed by atoms with Gasteiger partial charge in [-0.25, -0.2) is 22.1 Å². The molecule has 0 amide bonds. The number of hydrogen-bond acceptors (Lipinski definition) is 7. The van der Waals surface area contributed by atoms with Crippen LogP contribution in [-0.4, -0.2) is 45.0 Å². The number of hydrogen-bond donors (Lipinski definition) is 2.